The maximum absolute atomic E-state index is 11.2. The summed E-state index contributed by atoms with van der Waals surface area (Å²) in [6.45, 7) is 1.84. The average molecular weight is 340 g/mol. The molecule has 0 amide bonds. The lowest BCUT2D eigenvalue weighted by atomic mass is 10.2. The Hall–Kier alpha value is -3.35. The molecule has 1 heterocycles. The molecule has 0 saturated heterocycles. The lowest BCUT2D eigenvalue weighted by molar-refractivity contribution is -0.386. The molecule has 0 bridgehead atoms. The maximum atomic E-state index is 11.2. The summed E-state index contributed by atoms with van der Waals surface area (Å²) in [5.41, 5.74) is 1.28. The molecule has 0 spiro atoms. The fourth-order valence-electron chi connectivity index (χ4n) is 2.30. The van der Waals surface area contributed by atoms with Crippen molar-refractivity contribution in [1.29, 1.82) is 0 Å². The molecule has 0 aliphatic rings. The van der Waals surface area contributed by atoms with Crippen LogP contribution in [0.2, 0.25) is 0 Å². The van der Waals surface area contributed by atoms with Crippen LogP contribution in [0.4, 0.5) is 5.69 Å². The highest BCUT2D eigenvalue weighted by molar-refractivity contribution is 5.53. The zero-order valence-electron chi connectivity index (χ0n) is 13.8. The molecule has 0 aliphatic heterocycles. The Morgan fingerprint density at radius 3 is 2.64 bits per heavy atom. The number of rotatable bonds is 6. The van der Waals surface area contributed by atoms with Crippen LogP contribution in [-0.4, -0.2) is 17.0 Å². The van der Waals surface area contributed by atoms with Gasteiger partial charge in [0.15, 0.2) is 5.75 Å². The molecule has 3 aromatic rings. The van der Waals surface area contributed by atoms with Gasteiger partial charge >= 0.3 is 5.69 Å². The van der Waals surface area contributed by atoms with E-state index < -0.39 is 4.92 Å². The number of oxazole rings is 1. The molecule has 3 rings (SSSR count). The van der Waals surface area contributed by atoms with Crippen LogP contribution in [-0.2, 0) is 6.61 Å². The highest BCUT2D eigenvalue weighted by atomic mass is 16.6. The van der Waals surface area contributed by atoms with Crippen LogP contribution >= 0.6 is 0 Å². The molecule has 128 valence electrons. The van der Waals surface area contributed by atoms with Crippen LogP contribution in [0.15, 0.2) is 52.9 Å². The first-order valence-electron chi connectivity index (χ1n) is 7.55. The van der Waals surface area contributed by atoms with E-state index in [0.717, 1.165) is 5.56 Å². The van der Waals surface area contributed by atoms with E-state index in [1.807, 2.05) is 30.3 Å². The van der Waals surface area contributed by atoms with E-state index in [4.69, 9.17) is 13.9 Å². The van der Waals surface area contributed by atoms with Gasteiger partial charge in [0, 0.05) is 5.56 Å². The van der Waals surface area contributed by atoms with Crippen LogP contribution in [0.25, 0.3) is 11.5 Å². The predicted molar refractivity (Wildman–Crippen MR) is 90.7 cm³/mol. The van der Waals surface area contributed by atoms with Crippen molar-refractivity contribution in [2.45, 2.75) is 13.5 Å². The Morgan fingerprint density at radius 2 is 1.96 bits per heavy atom. The number of aryl methyl sites for hydroxylation is 1. The second-order valence-corrected chi connectivity index (χ2v) is 5.27. The minimum atomic E-state index is -0.511. The number of nitro benzene ring substituents is 1. The number of hydrogen-bond acceptors (Lipinski definition) is 6. The Labute approximate surface area is 144 Å². The third-order valence-corrected chi connectivity index (χ3v) is 3.64. The second kappa shape index (κ2) is 7.04. The fourth-order valence-corrected chi connectivity index (χ4v) is 2.30. The van der Waals surface area contributed by atoms with Crippen LogP contribution in [0.1, 0.15) is 11.5 Å². The summed E-state index contributed by atoms with van der Waals surface area (Å²) >= 11 is 0. The molecule has 0 radical (unpaired) electrons. The first-order chi connectivity index (χ1) is 12.1. The maximum Gasteiger partial charge on any atom is 0.314 e. The molecule has 2 aromatic carbocycles. The van der Waals surface area contributed by atoms with Gasteiger partial charge in [-0.25, -0.2) is 4.98 Å². The molecular formula is C18H16N2O5. The SMILES string of the molecule is COc1ccc(OCc2nc(-c3ccccc3)oc2C)c([N+](=O)[O-])c1. The van der Waals surface area contributed by atoms with Crippen molar-refractivity contribution in [3.63, 3.8) is 0 Å². The number of aromatic nitrogens is 1. The largest absolute Gasteiger partial charge is 0.496 e. The lowest BCUT2D eigenvalue weighted by Crippen LogP contribution is -2.01. The minimum absolute atomic E-state index is 0.0648. The molecule has 0 atom stereocenters. The van der Waals surface area contributed by atoms with Crippen LogP contribution in [0.5, 0.6) is 11.5 Å². The van der Waals surface area contributed by atoms with Gasteiger partial charge in [-0.15, -0.1) is 0 Å². The van der Waals surface area contributed by atoms with Gasteiger partial charge in [0.1, 0.15) is 23.8 Å². The van der Waals surface area contributed by atoms with E-state index in [1.165, 1.54) is 19.2 Å². The van der Waals surface area contributed by atoms with Crippen molar-refractivity contribution in [3.8, 4) is 23.0 Å². The predicted octanol–water partition coefficient (Wildman–Crippen LogP) is 4.15. The summed E-state index contributed by atoms with van der Waals surface area (Å²) < 4.78 is 16.3. The summed E-state index contributed by atoms with van der Waals surface area (Å²) in [6.07, 6.45) is 0. The van der Waals surface area contributed by atoms with E-state index >= 15 is 0 Å². The molecule has 0 unspecified atom stereocenters. The Kier molecular flexibility index (Phi) is 4.65. The molecule has 7 nitrogen and oxygen atoms in total. The Morgan fingerprint density at radius 1 is 1.20 bits per heavy atom. The number of nitro groups is 1. The van der Waals surface area contributed by atoms with Crippen molar-refractivity contribution >= 4 is 5.69 Å². The summed E-state index contributed by atoms with van der Waals surface area (Å²) in [6, 6.07) is 13.9. The molecule has 1 aromatic heterocycles. The smallest absolute Gasteiger partial charge is 0.314 e. The van der Waals surface area contributed by atoms with Gasteiger partial charge in [-0.05, 0) is 31.2 Å². The van der Waals surface area contributed by atoms with E-state index in [1.54, 1.807) is 13.0 Å². The number of benzene rings is 2. The quantitative estimate of drug-likeness (QED) is 0.495. The zero-order valence-corrected chi connectivity index (χ0v) is 13.8. The van der Waals surface area contributed by atoms with Gasteiger partial charge < -0.3 is 13.9 Å². The summed E-state index contributed by atoms with van der Waals surface area (Å²) in [5, 5.41) is 11.2. The van der Waals surface area contributed by atoms with Crippen molar-refractivity contribution in [3.05, 3.63) is 70.1 Å². The van der Waals surface area contributed by atoms with Gasteiger partial charge in [0.05, 0.1) is 18.1 Å². The number of ether oxygens (including phenoxy) is 2. The normalized spacial score (nSPS) is 10.5. The Balaban J connectivity index is 1.81. The monoisotopic (exact) mass is 340 g/mol. The first kappa shape index (κ1) is 16.5. The van der Waals surface area contributed by atoms with E-state index in [2.05, 4.69) is 4.98 Å². The van der Waals surface area contributed by atoms with Gasteiger partial charge in [-0.3, -0.25) is 10.1 Å². The molecule has 0 fully saturated rings. The number of methoxy groups -OCH3 is 1. The average Bonchev–Trinajstić information content (AvgIpc) is 3.01. The third kappa shape index (κ3) is 3.60. The van der Waals surface area contributed by atoms with Crippen molar-refractivity contribution in [2.75, 3.05) is 7.11 Å². The highest BCUT2D eigenvalue weighted by Gasteiger charge is 2.18. The molecule has 0 N–H and O–H groups in total. The fraction of sp³-hybridized carbons (Fsp3) is 0.167. The number of nitrogens with zero attached hydrogens (tertiary/aromatic N) is 2. The van der Waals surface area contributed by atoms with Crippen LogP contribution < -0.4 is 9.47 Å². The summed E-state index contributed by atoms with van der Waals surface area (Å²) in [5.74, 6) is 1.63. The van der Waals surface area contributed by atoms with Gasteiger partial charge in [0.25, 0.3) is 0 Å². The molecule has 0 saturated carbocycles. The minimum Gasteiger partial charge on any atom is -0.496 e. The van der Waals surface area contributed by atoms with Gasteiger partial charge in [-0.2, -0.15) is 0 Å². The third-order valence-electron chi connectivity index (χ3n) is 3.64. The topological polar surface area (TPSA) is 87.6 Å². The van der Waals surface area contributed by atoms with Crippen molar-refractivity contribution in [2.24, 2.45) is 0 Å². The van der Waals surface area contributed by atoms with Crippen LogP contribution in [0, 0.1) is 17.0 Å². The standard InChI is InChI=1S/C18H16N2O5/c1-12-15(19-18(25-12)13-6-4-3-5-7-13)11-24-17-9-8-14(23-2)10-16(17)20(21)22/h3-10H,11H2,1-2H3. The highest BCUT2D eigenvalue weighted by Crippen LogP contribution is 2.32. The van der Waals surface area contributed by atoms with Crippen molar-refractivity contribution in [1.82, 2.24) is 4.98 Å². The van der Waals surface area contributed by atoms with E-state index in [0.29, 0.717) is 23.1 Å². The van der Waals surface area contributed by atoms with Crippen molar-refractivity contribution < 1.29 is 18.8 Å². The van der Waals surface area contributed by atoms with E-state index in [9.17, 15) is 10.1 Å². The van der Waals surface area contributed by atoms with Gasteiger partial charge in [0.2, 0.25) is 5.89 Å². The summed E-state index contributed by atoms with van der Waals surface area (Å²) in [4.78, 5) is 15.1. The van der Waals surface area contributed by atoms with Crippen LogP contribution in [0.3, 0.4) is 0 Å². The molecule has 7 heteroatoms. The first-order valence-corrected chi connectivity index (χ1v) is 7.55. The molecule has 0 aliphatic carbocycles. The zero-order chi connectivity index (χ0) is 17.8. The lowest BCUT2D eigenvalue weighted by Gasteiger charge is -2.07. The summed E-state index contributed by atoms with van der Waals surface area (Å²) in [7, 11) is 1.45. The molecular weight excluding hydrogens is 324 g/mol. The Bertz CT molecular complexity index is 890. The van der Waals surface area contributed by atoms with Gasteiger partial charge in [-0.1, -0.05) is 18.2 Å². The molecule has 25 heavy (non-hydrogen) atoms. The number of hydrogen-bond donors (Lipinski definition) is 0. The van der Waals surface area contributed by atoms with E-state index in [-0.39, 0.29) is 18.0 Å². The second-order valence-electron chi connectivity index (χ2n) is 5.27.